The van der Waals surface area contributed by atoms with Gasteiger partial charge in [-0.3, -0.25) is 19.2 Å². The molecule has 0 spiro atoms. The predicted molar refractivity (Wildman–Crippen MR) is 202 cm³/mol. The number of benzene rings is 2. The van der Waals surface area contributed by atoms with Crippen molar-refractivity contribution in [2.45, 2.75) is 90.3 Å². The maximum atomic E-state index is 15.3. The van der Waals surface area contributed by atoms with Crippen molar-refractivity contribution >= 4 is 28.6 Å². The van der Waals surface area contributed by atoms with E-state index < -0.39 is 17.3 Å². The fraction of sp³-hybridized carbons (Fsp3) is 0.415. The quantitative estimate of drug-likeness (QED) is 0.199. The number of halogens is 1. The Labute approximate surface area is 316 Å². The van der Waals surface area contributed by atoms with Gasteiger partial charge in [-0.15, -0.1) is 0 Å². The number of carbonyl (C=O) groups excluding carboxylic acids is 2. The summed E-state index contributed by atoms with van der Waals surface area (Å²) in [4.78, 5) is 46.0. The topological polar surface area (TPSA) is 144 Å². The summed E-state index contributed by atoms with van der Waals surface area (Å²) in [5.41, 5.74) is 4.60. The zero-order valence-electron chi connectivity index (χ0n) is 31.7. The largest absolute Gasteiger partial charge is 0.438 e. The molecule has 3 aliphatic heterocycles. The van der Waals surface area contributed by atoms with E-state index in [1.54, 1.807) is 48.0 Å². The molecule has 3 aromatic heterocycles. The number of H-pyrrole nitrogens is 1. The minimum absolute atomic E-state index is 0.0483. The molecule has 2 N–H and O–H groups in total. The number of nitrogens with one attached hydrogen (secondary N) is 2. The van der Waals surface area contributed by atoms with Crippen molar-refractivity contribution in [3.05, 3.63) is 110 Å². The molecule has 6 heterocycles. The van der Waals surface area contributed by atoms with E-state index >= 15 is 4.79 Å². The van der Waals surface area contributed by atoms with Gasteiger partial charge in [0.25, 0.3) is 5.91 Å². The Morgan fingerprint density at radius 2 is 1.85 bits per heavy atom. The first-order valence-electron chi connectivity index (χ1n) is 18.8. The molecule has 5 aromatic rings. The average Bonchev–Trinajstić information content (AvgIpc) is 3.70. The molecule has 1 saturated heterocycles. The molecule has 1 amide bonds. The molecular formula is C41H43FN8O5. The SMILES string of the molecule is Cc1cc(-n2nc3c(c2N2C=CNC2=C=O)[C@H](C)N(C(=O)c2cc4cc([C@H]5CCOC(C)(C)C5)ccc4n2[C@@]2(c4noc(=O)[nH]4)C[C@@H]2C)CC3)cc(C)c1F. The van der Waals surface area contributed by atoms with Crippen molar-refractivity contribution in [2.75, 3.05) is 18.1 Å². The summed E-state index contributed by atoms with van der Waals surface area (Å²) in [6, 6.07) is 11.4. The molecule has 1 aliphatic carbocycles. The average molecular weight is 747 g/mol. The number of hydrogen-bond donors (Lipinski definition) is 2. The van der Waals surface area contributed by atoms with E-state index in [0.717, 1.165) is 35.0 Å². The molecule has 2 aromatic carbocycles. The van der Waals surface area contributed by atoms with Gasteiger partial charge in [0, 0.05) is 48.4 Å². The maximum Gasteiger partial charge on any atom is 0.438 e. The van der Waals surface area contributed by atoms with Crippen LogP contribution in [0.3, 0.4) is 0 Å². The third-order valence-electron chi connectivity index (χ3n) is 12.1. The second kappa shape index (κ2) is 12.4. The number of fused-ring (bicyclic) bond motifs is 2. The second-order valence-electron chi connectivity index (χ2n) is 16.1. The van der Waals surface area contributed by atoms with Crippen LogP contribution in [0.25, 0.3) is 16.6 Å². The molecule has 13 nitrogen and oxygen atoms in total. The summed E-state index contributed by atoms with van der Waals surface area (Å²) < 4.78 is 29.6. The first-order valence-corrected chi connectivity index (χ1v) is 18.8. The van der Waals surface area contributed by atoms with Crippen molar-refractivity contribution in [1.29, 1.82) is 0 Å². The van der Waals surface area contributed by atoms with Crippen LogP contribution >= 0.6 is 0 Å². The Morgan fingerprint density at radius 3 is 2.53 bits per heavy atom. The second-order valence-corrected chi connectivity index (χ2v) is 16.1. The van der Waals surface area contributed by atoms with Gasteiger partial charge in [-0.05, 0) is 113 Å². The Balaban J connectivity index is 1.18. The van der Waals surface area contributed by atoms with Crippen LogP contribution in [0, 0.1) is 25.6 Å². The zero-order chi connectivity index (χ0) is 38.6. The molecule has 14 heteroatoms. The number of nitrogens with zero attached hydrogens (tertiary/aromatic N) is 6. The van der Waals surface area contributed by atoms with Crippen LogP contribution in [-0.2, 0) is 21.5 Å². The van der Waals surface area contributed by atoms with Gasteiger partial charge in [0.15, 0.2) is 11.8 Å². The molecule has 4 atom stereocenters. The van der Waals surface area contributed by atoms with E-state index in [2.05, 4.69) is 59.0 Å². The summed E-state index contributed by atoms with van der Waals surface area (Å²) in [7, 11) is 0. The molecule has 9 rings (SSSR count). The van der Waals surface area contributed by atoms with Gasteiger partial charge in [-0.2, -0.15) is 5.10 Å². The van der Waals surface area contributed by atoms with Crippen LogP contribution in [0.2, 0.25) is 0 Å². The molecule has 284 valence electrons. The molecular weight excluding hydrogens is 704 g/mol. The number of amides is 1. The van der Waals surface area contributed by atoms with E-state index in [9.17, 15) is 14.0 Å². The highest BCUT2D eigenvalue weighted by atomic mass is 19.1. The van der Waals surface area contributed by atoms with Crippen LogP contribution < -0.4 is 16.0 Å². The van der Waals surface area contributed by atoms with Crippen molar-refractivity contribution in [1.82, 2.24) is 34.7 Å². The maximum absolute atomic E-state index is 15.3. The normalized spacial score (nSPS) is 24.3. The van der Waals surface area contributed by atoms with Gasteiger partial charge in [-0.1, -0.05) is 18.1 Å². The van der Waals surface area contributed by atoms with Crippen LogP contribution in [0.4, 0.5) is 10.2 Å². The van der Waals surface area contributed by atoms with Crippen molar-refractivity contribution < 1.29 is 23.2 Å². The zero-order valence-corrected chi connectivity index (χ0v) is 31.7. The van der Waals surface area contributed by atoms with E-state index in [-0.39, 0.29) is 29.1 Å². The summed E-state index contributed by atoms with van der Waals surface area (Å²) in [5, 5.41) is 13.0. The van der Waals surface area contributed by atoms with Gasteiger partial charge in [0.05, 0.1) is 23.0 Å². The van der Waals surface area contributed by atoms with E-state index in [0.29, 0.717) is 66.1 Å². The minimum atomic E-state index is -0.796. The van der Waals surface area contributed by atoms with Gasteiger partial charge in [0.2, 0.25) is 5.82 Å². The number of hydrogen-bond acceptors (Lipinski definition) is 9. The Kier molecular flexibility index (Phi) is 7.90. The summed E-state index contributed by atoms with van der Waals surface area (Å²) in [6.07, 6.45) is 6.24. The van der Waals surface area contributed by atoms with E-state index in [1.807, 2.05) is 23.8 Å². The smallest absolute Gasteiger partial charge is 0.376 e. The molecule has 1 saturated carbocycles. The molecule has 55 heavy (non-hydrogen) atoms. The molecule has 2 fully saturated rings. The van der Waals surface area contributed by atoms with Gasteiger partial charge >= 0.3 is 5.76 Å². The van der Waals surface area contributed by atoms with Crippen LogP contribution in [0.5, 0.6) is 0 Å². The first-order chi connectivity index (χ1) is 26.3. The van der Waals surface area contributed by atoms with Crippen molar-refractivity contribution in [3.8, 4) is 5.69 Å². The van der Waals surface area contributed by atoms with Gasteiger partial charge in [0.1, 0.15) is 22.9 Å². The number of aromatic nitrogens is 5. The summed E-state index contributed by atoms with van der Waals surface area (Å²) in [6.45, 7) is 12.8. The highest BCUT2D eigenvalue weighted by Crippen LogP contribution is 2.56. The first kappa shape index (κ1) is 35.0. The Bertz CT molecular complexity index is 2530. The van der Waals surface area contributed by atoms with Crippen LogP contribution in [-0.4, -0.2) is 60.0 Å². The number of aromatic amines is 1. The third kappa shape index (κ3) is 5.41. The highest BCUT2D eigenvalue weighted by Gasteiger charge is 2.59. The number of ether oxygens (including phenoxy) is 1. The highest BCUT2D eigenvalue weighted by molar-refractivity contribution is 6.00. The van der Waals surface area contributed by atoms with Crippen molar-refractivity contribution in [3.63, 3.8) is 0 Å². The predicted octanol–water partition coefficient (Wildman–Crippen LogP) is 6.03. The van der Waals surface area contributed by atoms with Crippen LogP contribution in [0.15, 0.2) is 63.9 Å². The Hall–Kier alpha value is -5.72. The standard InChI is InChI=1S/C41H43FN8O5/c1-22-15-29(16-23(2)35(22)42)50-36(48-13-11-43-33(48)21-51)34-25(4)47(12-9-30(34)45-50)37(52)32-18-28-17-26(27-10-14-54-40(5,6)20-27)7-8-31(28)49(32)41(19-24(41)3)38-44-39(53)55-46-38/h7-8,11,13,15-18,24-25,27,43H,9-10,12,14,19-20H2,1-6H3,(H,44,46,53)/t24-,25-,27-,41-/m0/s1. The lowest BCUT2D eigenvalue weighted by atomic mass is 9.83. The third-order valence-corrected chi connectivity index (χ3v) is 12.1. The van der Waals surface area contributed by atoms with Gasteiger partial charge < -0.3 is 19.5 Å². The van der Waals surface area contributed by atoms with Crippen LogP contribution in [0.1, 0.15) is 103 Å². The summed E-state index contributed by atoms with van der Waals surface area (Å²) >= 11 is 0. The fourth-order valence-corrected chi connectivity index (χ4v) is 9.29. The molecule has 4 aliphatic rings. The monoisotopic (exact) mass is 746 g/mol. The Morgan fingerprint density at radius 1 is 1.09 bits per heavy atom. The van der Waals surface area contributed by atoms with Crippen molar-refractivity contribution in [2.24, 2.45) is 5.92 Å². The van der Waals surface area contributed by atoms with E-state index in [1.165, 1.54) is 5.56 Å². The minimum Gasteiger partial charge on any atom is -0.376 e. The lowest BCUT2D eigenvalue weighted by Gasteiger charge is -2.35. The van der Waals surface area contributed by atoms with Gasteiger partial charge in [-0.25, -0.2) is 18.7 Å². The number of carbonyl (C=O) groups is 1. The fourth-order valence-electron chi connectivity index (χ4n) is 9.29. The lowest BCUT2D eigenvalue weighted by Crippen LogP contribution is -2.41. The number of rotatable bonds is 6. The summed E-state index contributed by atoms with van der Waals surface area (Å²) in [5.74, 6) is 2.32. The molecule has 0 bridgehead atoms. The molecule has 0 unspecified atom stereocenters. The van der Waals surface area contributed by atoms with E-state index in [4.69, 9.17) is 14.4 Å². The molecule has 0 radical (unpaired) electrons. The number of anilines is 1. The number of aryl methyl sites for hydroxylation is 2. The lowest BCUT2D eigenvalue weighted by molar-refractivity contribution is -0.0592.